The number of nitro groups is 1. The maximum atomic E-state index is 12.1. The van der Waals surface area contributed by atoms with Crippen molar-refractivity contribution in [2.24, 2.45) is 0 Å². The van der Waals surface area contributed by atoms with Gasteiger partial charge >= 0.3 is 5.97 Å². The summed E-state index contributed by atoms with van der Waals surface area (Å²) in [5, 5.41) is 22.0. The molecule has 0 saturated heterocycles. The molecule has 1 unspecified atom stereocenters. The maximum absolute atomic E-state index is 12.1. The second-order valence-electron chi connectivity index (χ2n) is 4.71. The summed E-state index contributed by atoms with van der Waals surface area (Å²) in [6.07, 6.45) is -0.0916. The van der Waals surface area contributed by atoms with Gasteiger partial charge in [-0.2, -0.15) is 0 Å². The van der Waals surface area contributed by atoms with Crippen LogP contribution < -0.4 is 5.32 Å². The Bertz CT molecular complexity index is 597. The Morgan fingerprint density at radius 2 is 2.09 bits per heavy atom. The Morgan fingerprint density at radius 3 is 2.61 bits per heavy atom. The van der Waals surface area contributed by atoms with E-state index < -0.39 is 22.8 Å². The minimum Gasteiger partial charge on any atom is -0.481 e. The zero-order chi connectivity index (χ0) is 16.9. The molecular weight excluding hydrogens is 349 g/mol. The van der Waals surface area contributed by atoms with Crippen molar-refractivity contribution in [3.05, 3.63) is 33.3 Å². The number of aliphatic carboxylic acids is 1. The number of nitro benzene ring substituents is 1. The minimum atomic E-state index is -0.957. The number of hydrogen-bond donors (Lipinski definition) is 2. The maximum Gasteiger partial charge on any atom is 0.304 e. The number of carboxylic acids is 1. The molecule has 0 spiro atoms. The van der Waals surface area contributed by atoms with E-state index in [1.54, 1.807) is 18.9 Å². The lowest BCUT2D eigenvalue weighted by Crippen LogP contribution is -2.40. The number of carboxylic acid groups (broad SMARTS) is 1. The van der Waals surface area contributed by atoms with Gasteiger partial charge in [-0.1, -0.05) is 11.6 Å². The number of anilines is 1. The molecular formula is C13H17Cl2N3O5. The molecule has 2 N–H and O–H groups in total. The number of likely N-dealkylation sites (N-methyl/N-ethyl adjacent to an activating group) is 1. The molecule has 1 aromatic rings. The van der Waals surface area contributed by atoms with Crippen molar-refractivity contribution in [3.8, 4) is 0 Å². The van der Waals surface area contributed by atoms with Crippen LogP contribution in [0, 0.1) is 10.1 Å². The van der Waals surface area contributed by atoms with Gasteiger partial charge in [-0.15, -0.1) is 12.4 Å². The second-order valence-corrected chi connectivity index (χ2v) is 5.12. The number of nitrogens with one attached hydrogen (secondary N) is 1. The summed E-state index contributed by atoms with van der Waals surface area (Å²) < 4.78 is 0. The van der Waals surface area contributed by atoms with Crippen LogP contribution in [0.3, 0.4) is 0 Å². The first-order chi connectivity index (χ1) is 10.2. The van der Waals surface area contributed by atoms with E-state index in [1.165, 1.54) is 18.2 Å². The summed E-state index contributed by atoms with van der Waals surface area (Å²) in [5.41, 5.74) is -0.0501. The fraction of sp³-hybridized carbons (Fsp3) is 0.385. The normalized spacial score (nSPS) is 11.5. The molecule has 1 aromatic carbocycles. The van der Waals surface area contributed by atoms with Gasteiger partial charge in [-0.3, -0.25) is 24.6 Å². The number of hydrogen-bond acceptors (Lipinski definition) is 5. The summed E-state index contributed by atoms with van der Waals surface area (Å²) in [6.45, 7) is 1.80. The predicted molar refractivity (Wildman–Crippen MR) is 88.3 cm³/mol. The van der Waals surface area contributed by atoms with E-state index in [2.05, 4.69) is 5.32 Å². The molecule has 0 aromatic heterocycles. The van der Waals surface area contributed by atoms with E-state index in [9.17, 15) is 19.7 Å². The fourth-order valence-corrected chi connectivity index (χ4v) is 1.79. The molecule has 0 aliphatic carbocycles. The van der Waals surface area contributed by atoms with Gasteiger partial charge in [0.15, 0.2) is 0 Å². The van der Waals surface area contributed by atoms with Crippen molar-refractivity contribution in [2.75, 3.05) is 18.9 Å². The molecule has 0 aliphatic heterocycles. The molecule has 1 atom stereocenters. The van der Waals surface area contributed by atoms with Crippen LogP contribution in [0.4, 0.5) is 11.4 Å². The highest BCUT2D eigenvalue weighted by Crippen LogP contribution is 2.26. The van der Waals surface area contributed by atoms with Gasteiger partial charge in [-0.25, -0.2) is 0 Å². The second kappa shape index (κ2) is 9.29. The van der Waals surface area contributed by atoms with Crippen LogP contribution >= 0.6 is 24.0 Å². The standard InChI is InChI=1S/C13H16ClN3O5.ClH/c1-8(16(2)6-5-12(18)19)13(20)15-11-7-9(17(21)22)3-4-10(11)14;/h3-4,7-8H,5-6H2,1-2H3,(H,15,20)(H,18,19);1H. The summed E-state index contributed by atoms with van der Waals surface area (Å²) in [6, 6.07) is 3.12. The highest BCUT2D eigenvalue weighted by atomic mass is 35.5. The fourth-order valence-electron chi connectivity index (χ4n) is 1.63. The molecule has 0 fully saturated rings. The molecule has 0 bridgehead atoms. The van der Waals surface area contributed by atoms with Gasteiger partial charge in [0, 0.05) is 18.7 Å². The number of carbonyl (C=O) groups is 2. The zero-order valence-corrected chi connectivity index (χ0v) is 14.1. The van der Waals surface area contributed by atoms with Gasteiger partial charge in [0.1, 0.15) is 0 Å². The van der Waals surface area contributed by atoms with Crippen molar-refractivity contribution in [2.45, 2.75) is 19.4 Å². The summed E-state index contributed by atoms with van der Waals surface area (Å²) in [7, 11) is 1.61. The van der Waals surface area contributed by atoms with Gasteiger partial charge in [-0.05, 0) is 20.0 Å². The first-order valence-electron chi connectivity index (χ1n) is 6.39. The van der Waals surface area contributed by atoms with Gasteiger partial charge in [0.25, 0.3) is 5.69 Å². The van der Waals surface area contributed by atoms with Crippen molar-refractivity contribution in [1.82, 2.24) is 4.90 Å². The number of rotatable bonds is 7. The van der Waals surface area contributed by atoms with Crippen LogP contribution in [0.5, 0.6) is 0 Å². The Balaban J connectivity index is 0.00000484. The molecule has 0 radical (unpaired) electrons. The van der Waals surface area contributed by atoms with E-state index in [-0.39, 0.29) is 41.8 Å². The topological polar surface area (TPSA) is 113 Å². The summed E-state index contributed by atoms with van der Waals surface area (Å²) >= 11 is 5.90. The van der Waals surface area contributed by atoms with Crippen molar-refractivity contribution >= 4 is 47.3 Å². The first-order valence-corrected chi connectivity index (χ1v) is 6.77. The van der Waals surface area contributed by atoms with Crippen LogP contribution in [-0.4, -0.2) is 46.4 Å². The van der Waals surface area contributed by atoms with E-state index >= 15 is 0 Å². The molecule has 1 amide bonds. The lowest BCUT2D eigenvalue weighted by atomic mass is 10.2. The van der Waals surface area contributed by atoms with Gasteiger partial charge in [0.2, 0.25) is 5.91 Å². The monoisotopic (exact) mass is 365 g/mol. The van der Waals surface area contributed by atoms with Crippen molar-refractivity contribution in [3.63, 3.8) is 0 Å². The molecule has 23 heavy (non-hydrogen) atoms. The Morgan fingerprint density at radius 1 is 1.48 bits per heavy atom. The Hall–Kier alpha value is -1.90. The number of amides is 1. The van der Waals surface area contributed by atoms with E-state index in [4.69, 9.17) is 16.7 Å². The quantitative estimate of drug-likeness (QED) is 0.566. The number of non-ortho nitro benzene ring substituents is 1. The average Bonchev–Trinajstić information content (AvgIpc) is 2.45. The lowest BCUT2D eigenvalue weighted by Gasteiger charge is -2.23. The molecule has 8 nitrogen and oxygen atoms in total. The minimum absolute atomic E-state index is 0. The van der Waals surface area contributed by atoms with Gasteiger partial charge < -0.3 is 10.4 Å². The zero-order valence-electron chi connectivity index (χ0n) is 12.5. The van der Waals surface area contributed by atoms with Crippen LogP contribution in [0.15, 0.2) is 18.2 Å². The van der Waals surface area contributed by atoms with Crippen LogP contribution in [-0.2, 0) is 9.59 Å². The predicted octanol–water partition coefficient (Wildman–Crippen LogP) is 2.40. The first kappa shape index (κ1) is 21.1. The molecule has 0 heterocycles. The third-order valence-electron chi connectivity index (χ3n) is 3.14. The smallest absolute Gasteiger partial charge is 0.304 e. The van der Waals surface area contributed by atoms with Crippen LogP contribution in [0.25, 0.3) is 0 Å². The molecule has 10 heteroatoms. The third-order valence-corrected chi connectivity index (χ3v) is 3.47. The van der Waals surface area contributed by atoms with Crippen molar-refractivity contribution < 1.29 is 19.6 Å². The molecule has 0 saturated carbocycles. The van der Waals surface area contributed by atoms with Crippen LogP contribution in [0.1, 0.15) is 13.3 Å². The number of halogens is 2. The largest absolute Gasteiger partial charge is 0.481 e. The Kier molecular flexibility index (Phi) is 8.52. The third kappa shape index (κ3) is 6.39. The SMILES string of the molecule is CC(C(=O)Nc1cc([N+](=O)[O-])ccc1Cl)N(C)CCC(=O)O.Cl. The summed E-state index contributed by atoms with van der Waals surface area (Å²) in [5.74, 6) is -1.39. The number of carbonyl (C=O) groups excluding carboxylic acids is 1. The van der Waals surface area contributed by atoms with Gasteiger partial charge in [0.05, 0.1) is 28.1 Å². The highest BCUT2D eigenvalue weighted by Gasteiger charge is 2.20. The summed E-state index contributed by atoms with van der Waals surface area (Å²) in [4.78, 5) is 34.3. The number of benzene rings is 1. The Labute approximate surface area is 144 Å². The van der Waals surface area contributed by atoms with Crippen LogP contribution in [0.2, 0.25) is 5.02 Å². The van der Waals surface area contributed by atoms with E-state index in [1.807, 2.05) is 0 Å². The molecule has 0 aliphatic rings. The highest BCUT2D eigenvalue weighted by molar-refractivity contribution is 6.33. The number of nitrogens with zero attached hydrogens (tertiary/aromatic N) is 2. The lowest BCUT2D eigenvalue weighted by molar-refractivity contribution is -0.384. The average molecular weight is 366 g/mol. The molecule has 1 rings (SSSR count). The van der Waals surface area contributed by atoms with E-state index in [0.29, 0.717) is 0 Å². The molecule has 128 valence electrons. The van der Waals surface area contributed by atoms with Crippen molar-refractivity contribution in [1.29, 1.82) is 0 Å². The van der Waals surface area contributed by atoms with E-state index in [0.717, 1.165) is 0 Å².